The molecule has 2 heterocycles. The van der Waals surface area contributed by atoms with E-state index in [1.54, 1.807) is 0 Å². The number of rotatable bonds is 4. The normalized spacial score (nSPS) is 33.4. The van der Waals surface area contributed by atoms with Crippen molar-refractivity contribution in [1.82, 2.24) is 10.2 Å². The van der Waals surface area contributed by atoms with Crippen LogP contribution in [0, 0.1) is 5.41 Å². The quantitative estimate of drug-likeness (QED) is 0.780. The molecule has 5 nitrogen and oxygen atoms in total. The summed E-state index contributed by atoms with van der Waals surface area (Å²) in [5, 5.41) is 12.4. The number of nitrogens with one attached hydrogen (secondary N) is 1. The van der Waals surface area contributed by atoms with Crippen molar-refractivity contribution in [3.8, 4) is 0 Å². The van der Waals surface area contributed by atoms with Crippen molar-refractivity contribution < 1.29 is 14.7 Å². The number of amides is 1. The van der Waals surface area contributed by atoms with E-state index < -0.39 is 11.4 Å². The Morgan fingerprint density at radius 2 is 2.39 bits per heavy atom. The molecular weight excluding hydrogens is 232 g/mol. The fourth-order valence-corrected chi connectivity index (χ4v) is 3.12. The summed E-state index contributed by atoms with van der Waals surface area (Å²) in [6, 6.07) is 0.207. The van der Waals surface area contributed by atoms with E-state index in [-0.39, 0.29) is 11.9 Å². The highest BCUT2D eigenvalue weighted by Gasteiger charge is 2.41. The summed E-state index contributed by atoms with van der Waals surface area (Å²) >= 11 is 0. The second-order valence-electron chi connectivity index (χ2n) is 5.58. The van der Waals surface area contributed by atoms with E-state index in [4.69, 9.17) is 0 Å². The first-order valence-corrected chi connectivity index (χ1v) is 6.81. The molecule has 5 heteroatoms. The number of aliphatic carboxylic acids is 1. The van der Waals surface area contributed by atoms with Gasteiger partial charge in [-0.15, -0.1) is 0 Å². The molecule has 0 aromatic heterocycles. The minimum absolute atomic E-state index is 0.122. The summed E-state index contributed by atoms with van der Waals surface area (Å²) in [6.45, 7) is 4.31. The van der Waals surface area contributed by atoms with Crippen LogP contribution in [0.1, 0.15) is 39.0 Å². The summed E-state index contributed by atoms with van der Waals surface area (Å²) in [5.41, 5.74) is -0.582. The van der Waals surface area contributed by atoms with Crippen LogP contribution >= 0.6 is 0 Å². The number of carboxylic acids is 1. The Kier molecular flexibility index (Phi) is 3.90. The van der Waals surface area contributed by atoms with Crippen LogP contribution in [0.15, 0.2) is 0 Å². The van der Waals surface area contributed by atoms with Crippen molar-refractivity contribution >= 4 is 11.9 Å². The van der Waals surface area contributed by atoms with Crippen molar-refractivity contribution in [1.29, 1.82) is 0 Å². The van der Waals surface area contributed by atoms with Crippen molar-refractivity contribution in [2.75, 3.05) is 19.6 Å². The summed E-state index contributed by atoms with van der Waals surface area (Å²) < 4.78 is 0. The largest absolute Gasteiger partial charge is 0.481 e. The molecule has 102 valence electrons. The second-order valence-corrected chi connectivity index (χ2v) is 5.58. The second kappa shape index (κ2) is 5.26. The number of likely N-dealkylation sites (tertiary alicyclic amines) is 1. The van der Waals surface area contributed by atoms with Crippen LogP contribution < -0.4 is 5.32 Å². The van der Waals surface area contributed by atoms with E-state index in [1.165, 1.54) is 0 Å². The molecule has 0 saturated carbocycles. The first-order chi connectivity index (χ1) is 8.55. The van der Waals surface area contributed by atoms with Gasteiger partial charge in [0.05, 0.1) is 5.41 Å². The summed E-state index contributed by atoms with van der Waals surface area (Å²) in [4.78, 5) is 24.8. The van der Waals surface area contributed by atoms with E-state index in [0.717, 1.165) is 32.4 Å². The van der Waals surface area contributed by atoms with E-state index in [1.807, 2.05) is 6.92 Å². The first kappa shape index (κ1) is 13.3. The zero-order valence-electron chi connectivity index (χ0n) is 10.9. The van der Waals surface area contributed by atoms with E-state index >= 15 is 0 Å². The molecule has 0 aliphatic carbocycles. The Bertz CT molecular complexity index is 345. The van der Waals surface area contributed by atoms with Gasteiger partial charge in [0.25, 0.3) is 0 Å². The van der Waals surface area contributed by atoms with Crippen LogP contribution in [0.4, 0.5) is 0 Å². The molecule has 2 fully saturated rings. The third kappa shape index (κ3) is 2.66. The predicted octanol–water partition coefficient (Wildman–Crippen LogP) is 0.842. The van der Waals surface area contributed by atoms with Crippen LogP contribution in [0.3, 0.4) is 0 Å². The number of hydrogen-bond acceptors (Lipinski definition) is 3. The Labute approximate surface area is 108 Å². The number of carbonyl (C=O) groups is 2. The van der Waals surface area contributed by atoms with E-state index in [9.17, 15) is 14.7 Å². The molecule has 2 rings (SSSR count). The van der Waals surface area contributed by atoms with Gasteiger partial charge in [-0.2, -0.15) is 0 Å². The molecule has 0 aromatic carbocycles. The van der Waals surface area contributed by atoms with Crippen molar-refractivity contribution in [2.45, 2.75) is 45.1 Å². The molecule has 2 aliphatic heterocycles. The molecule has 1 amide bonds. The van der Waals surface area contributed by atoms with Gasteiger partial charge in [-0.25, -0.2) is 0 Å². The SMILES string of the molecule is CCC1(C(=O)O)CCCN(CC2CCC(=O)N2)C1. The lowest BCUT2D eigenvalue weighted by Gasteiger charge is -2.40. The van der Waals surface area contributed by atoms with Crippen molar-refractivity contribution in [3.05, 3.63) is 0 Å². The highest BCUT2D eigenvalue weighted by atomic mass is 16.4. The molecule has 2 unspecified atom stereocenters. The van der Waals surface area contributed by atoms with Gasteiger partial charge in [0.1, 0.15) is 0 Å². The minimum Gasteiger partial charge on any atom is -0.481 e. The van der Waals surface area contributed by atoms with Crippen LogP contribution in [0.5, 0.6) is 0 Å². The number of nitrogens with zero attached hydrogens (tertiary/aromatic N) is 1. The van der Waals surface area contributed by atoms with Gasteiger partial charge in [-0.1, -0.05) is 6.92 Å². The maximum absolute atomic E-state index is 11.4. The van der Waals surface area contributed by atoms with Gasteiger partial charge >= 0.3 is 5.97 Å². The summed E-state index contributed by atoms with van der Waals surface area (Å²) in [6.07, 6.45) is 3.86. The highest BCUT2D eigenvalue weighted by Crippen LogP contribution is 2.33. The van der Waals surface area contributed by atoms with Crippen LogP contribution in [0.25, 0.3) is 0 Å². The monoisotopic (exact) mass is 254 g/mol. The molecule has 0 aromatic rings. The van der Waals surface area contributed by atoms with Crippen molar-refractivity contribution in [3.63, 3.8) is 0 Å². The molecule has 2 saturated heterocycles. The molecule has 2 atom stereocenters. The maximum Gasteiger partial charge on any atom is 0.310 e. The smallest absolute Gasteiger partial charge is 0.310 e. The van der Waals surface area contributed by atoms with Crippen molar-refractivity contribution in [2.24, 2.45) is 5.41 Å². The summed E-state index contributed by atoms with van der Waals surface area (Å²) in [5.74, 6) is -0.554. The zero-order chi connectivity index (χ0) is 13.2. The zero-order valence-corrected chi connectivity index (χ0v) is 10.9. The molecule has 18 heavy (non-hydrogen) atoms. The van der Waals surface area contributed by atoms with Crippen LogP contribution in [-0.2, 0) is 9.59 Å². The van der Waals surface area contributed by atoms with Gasteiger partial charge in [0.2, 0.25) is 5.91 Å². The number of carboxylic acid groups (broad SMARTS) is 1. The molecule has 0 bridgehead atoms. The average Bonchev–Trinajstić information content (AvgIpc) is 2.74. The Hall–Kier alpha value is -1.10. The molecule has 2 N–H and O–H groups in total. The Morgan fingerprint density at radius 1 is 1.61 bits per heavy atom. The highest BCUT2D eigenvalue weighted by molar-refractivity contribution is 5.78. The van der Waals surface area contributed by atoms with Gasteiger partial charge in [0.15, 0.2) is 0 Å². The van der Waals surface area contributed by atoms with E-state index in [0.29, 0.717) is 19.4 Å². The summed E-state index contributed by atoms with van der Waals surface area (Å²) in [7, 11) is 0. The minimum atomic E-state index is -0.676. The topological polar surface area (TPSA) is 69.6 Å². The number of carbonyl (C=O) groups excluding carboxylic acids is 1. The van der Waals surface area contributed by atoms with E-state index in [2.05, 4.69) is 10.2 Å². The van der Waals surface area contributed by atoms with Crippen LogP contribution in [0.2, 0.25) is 0 Å². The third-order valence-corrected chi connectivity index (χ3v) is 4.35. The number of piperidine rings is 1. The van der Waals surface area contributed by atoms with Gasteiger partial charge in [-0.05, 0) is 32.2 Å². The lowest BCUT2D eigenvalue weighted by atomic mass is 9.77. The van der Waals surface area contributed by atoms with Crippen LogP contribution in [-0.4, -0.2) is 47.6 Å². The first-order valence-electron chi connectivity index (χ1n) is 6.81. The molecule has 0 spiro atoms. The lowest BCUT2D eigenvalue weighted by molar-refractivity contribution is -0.153. The molecular formula is C13H22N2O3. The Morgan fingerprint density at radius 3 is 2.94 bits per heavy atom. The van der Waals surface area contributed by atoms with Gasteiger partial charge in [0, 0.05) is 25.6 Å². The molecule has 0 radical (unpaired) electrons. The number of hydrogen-bond donors (Lipinski definition) is 2. The predicted molar refractivity (Wildman–Crippen MR) is 67.2 cm³/mol. The average molecular weight is 254 g/mol. The third-order valence-electron chi connectivity index (χ3n) is 4.35. The standard InChI is InChI=1S/C13H22N2O3/c1-2-13(12(17)18)6-3-7-15(9-13)8-10-4-5-11(16)14-10/h10H,2-9H2,1H3,(H,14,16)(H,17,18). The fourth-order valence-electron chi connectivity index (χ4n) is 3.12. The Balaban J connectivity index is 1.94. The fraction of sp³-hybridized carbons (Fsp3) is 0.846. The van der Waals surface area contributed by atoms with Gasteiger partial charge in [-0.3, -0.25) is 9.59 Å². The lowest BCUT2D eigenvalue weighted by Crippen LogP contribution is -2.50. The maximum atomic E-state index is 11.4. The van der Waals surface area contributed by atoms with Gasteiger partial charge < -0.3 is 15.3 Å². The molecule has 2 aliphatic rings.